The second kappa shape index (κ2) is 8.86. The molecule has 0 bridgehead atoms. The molecule has 4 nitrogen and oxygen atoms in total. The Morgan fingerprint density at radius 2 is 1.70 bits per heavy atom. The number of imidazole rings is 1. The van der Waals surface area contributed by atoms with Crippen molar-refractivity contribution in [3.8, 4) is 11.4 Å². The molecule has 0 saturated carbocycles. The summed E-state index contributed by atoms with van der Waals surface area (Å²) in [5.41, 5.74) is 1.68. The Morgan fingerprint density at radius 3 is 2.30 bits per heavy atom. The van der Waals surface area contributed by atoms with Gasteiger partial charge in [-0.15, -0.1) is 24.0 Å². The summed E-state index contributed by atoms with van der Waals surface area (Å²) >= 11 is 5.66. The molecule has 0 atom stereocenters. The van der Waals surface area contributed by atoms with Crippen molar-refractivity contribution < 1.29 is 18.0 Å². The number of aromatic nitrogens is 2. The maximum Gasteiger partial charge on any atom is 0.416 e. The number of carbonyl (C=O) groups excluding carboxylic acids is 1. The number of likely N-dealkylation sites (tertiary alicyclic amines) is 1. The van der Waals surface area contributed by atoms with Crippen LogP contribution in [0.25, 0.3) is 22.4 Å². The Labute approximate surface area is 183 Å². The van der Waals surface area contributed by atoms with Gasteiger partial charge in [0.15, 0.2) is 0 Å². The minimum atomic E-state index is -4.37. The summed E-state index contributed by atoms with van der Waals surface area (Å²) in [5.74, 6) is 0.528. The molecule has 0 N–H and O–H groups in total. The van der Waals surface area contributed by atoms with Crippen molar-refractivity contribution in [3.63, 3.8) is 0 Å². The zero-order valence-electron chi connectivity index (χ0n) is 15.9. The summed E-state index contributed by atoms with van der Waals surface area (Å²) in [6.45, 7) is 1.18. The van der Waals surface area contributed by atoms with Gasteiger partial charge in [0.25, 0.3) is 0 Å². The quantitative estimate of drug-likeness (QED) is 0.483. The van der Waals surface area contributed by atoms with E-state index in [9.17, 15) is 18.0 Å². The van der Waals surface area contributed by atoms with Gasteiger partial charge in [-0.1, -0.05) is 24.3 Å². The van der Waals surface area contributed by atoms with E-state index in [0.29, 0.717) is 24.5 Å². The standard InChI is InChI=1S/C21H19ClF3N3O.ClH/c22-13-19(29)27-11-9-16(10-12-27)28-18-4-2-1-3-17(18)26-20(28)14-5-7-15(8-6-14)21(23,24)25;/h1-8,16H,9-13H2;1H. The number of halogens is 5. The van der Waals surface area contributed by atoms with Crippen molar-refractivity contribution in [1.29, 1.82) is 0 Å². The Bertz CT molecular complexity index is 1030. The third-order valence-electron chi connectivity index (χ3n) is 5.36. The third-order valence-corrected chi connectivity index (χ3v) is 5.59. The monoisotopic (exact) mass is 457 g/mol. The molecule has 1 aliphatic rings. The average molecular weight is 458 g/mol. The molecule has 1 amide bonds. The molecule has 9 heteroatoms. The van der Waals surface area contributed by atoms with Gasteiger partial charge in [0.05, 0.1) is 16.6 Å². The summed E-state index contributed by atoms with van der Waals surface area (Å²) in [7, 11) is 0. The summed E-state index contributed by atoms with van der Waals surface area (Å²) in [5, 5.41) is 0. The van der Waals surface area contributed by atoms with E-state index in [2.05, 4.69) is 4.57 Å². The first-order chi connectivity index (χ1) is 13.9. The average Bonchev–Trinajstić information content (AvgIpc) is 3.12. The molecule has 1 saturated heterocycles. The van der Waals surface area contributed by atoms with Crippen LogP contribution in [-0.4, -0.2) is 39.3 Å². The lowest BCUT2D eigenvalue weighted by molar-refractivity contribution is -0.137. The predicted molar refractivity (Wildman–Crippen MR) is 113 cm³/mol. The van der Waals surface area contributed by atoms with Gasteiger partial charge in [0.2, 0.25) is 5.91 Å². The molecule has 2 aromatic carbocycles. The molecule has 1 aromatic heterocycles. The zero-order valence-corrected chi connectivity index (χ0v) is 17.5. The van der Waals surface area contributed by atoms with Gasteiger partial charge in [-0.05, 0) is 37.1 Å². The Morgan fingerprint density at radius 1 is 1.07 bits per heavy atom. The first-order valence-electron chi connectivity index (χ1n) is 9.37. The van der Waals surface area contributed by atoms with Crippen molar-refractivity contribution in [2.75, 3.05) is 19.0 Å². The van der Waals surface area contributed by atoms with Crippen molar-refractivity contribution in [1.82, 2.24) is 14.5 Å². The van der Waals surface area contributed by atoms with Crippen LogP contribution in [0.2, 0.25) is 0 Å². The van der Waals surface area contributed by atoms with Gasteiger partial charge >= 0.3 is 6.18 Å². The van der Waals surface area contributed by atoms with E-state index in [0.717, 1.165) is 36.0 Å². The fourth-order valence-corrected chi connectivity index (χ4v) is 4.05. The molecular weight excluding hydrogens is 438 g/mol. The molecule has 4 rings (SSSR count). The van der Waals surface area contributed by atoms with Crippen LogP contribution in [0.15, 0.2) is 48.5 Å². The molecular formula is C21H20Cl2F3N3O. The highest BCUT2D eigenvalue weighted by Crippen LogP contribution is 2.35. The van der Waals surface area contributed by atoms with Crippen LogP contribution in [0.5, 0.6) is 0 Å². The van der Waals surface area contributed by atoms with Crippen LogP contribution in [0.4, 0.5) is 13.2 Å². The molecule has 160 valence electrons. The fourth-order valence-electron chi connectivity index (χ4n) is 3.88. The van der Waals surface area contributed by atoms with Crippen LogP contribution in [0, 0.1) is 0 Å². The van der Waals surface area contributed by atoms with Crippen molar-refractivity contribution in [3.05, 3.63) is 54.1 Å². The van der Waals surface area contributed by atoms with E-state index < -0.39 is 11.7 Å². The van der Waals surface area contributed by atoms with Gasteiger partial charge in [-0.2, -0.15) is 13.2 Å². The third kappa shape index (κ3) is 4.27. The van der Waals surface area contributed by atoms with Crippen LogP contribution in [0.1, 0.15) is 24.4 Å². The van der Waals surface area contributed by atoms with Crippen LogP contribution < -0.4 is 0 Å². The number of piperidine rings is 1. The number of benzene rings is 2. The number of carbonyl (C=O) groups is 1. The molecule has 2 heterocycles. The lowest BCUT2D eigenvalue weighted by Crippen LogP contribution is -2.39. The normalized spacial score (nSPS) is 15.3. The highest BCUT2D eigenvalue weighted by molar-refractivity contribution is 6.27. The Kier molecular flexibility index (Phi) is 6.62. The van der Waals surface area contributed by atoms with Crippen molar-refractivity contribution in [2.45, 2.75) is 25.1 Å². The number of fused-ring (bicyclic) bond motifs is 1. The topological polar surface area (TPSA) is 38.1 Å². The second-order valence-corrected chi connectivity index (χ2v) is 7.38. The maximum absolute atomic E-state index is 12.9. The largest absolute Gasteiger partial charge is 0.416 e. The predicted octanol–water partition coefficient (Wildman–Crippen LogP) is 5.55. The van der Waals surface area contributed by atoms with Gasteiger partial charge in [0.1, 0.15) is 11.7 Å². The fraction of sp³-hybridized carbons (Fsp3) is 0.333. The number of nitrogens with zero attached hydrogens (tertiary/aromatic N) is 3. The molecule has 1 fully saturated rings. The highest BCUT2D eigenvalue weighted by Gasteiger charge is 2.31. The maximum atomic E-state index is 12.9. The molecule has 30 heavy (non-hydrogen) atoms. The zero-order chi connectivity index (χ0) is 20.6. The van der Waals surface area contributed by atoms with E-state index in [1.54, 1.807) is 4.90 Å². The first kappa shape index (κ1) is 22.4. The van der Waals surface area contributed by atoms with Crippen LogP contribution in [0.3, 0.4) is 0 Å². The molecule has 0 spiro atoms. The highest BCUT2D eigenvalue weighted by atomic mass is 35.5. The van der Waals surface area contributed by atoms with Crippen LogP contribution >= 0.6 is 24.0 Å². The van der Waals surface area contributed by atoms with E-state index in [1.807, 2.05) is 24.3 Å². The number of rotatable bonds is 3. The first-order valence-corrected chi connectivity index (χ1v) is 9.90. The molecule has 0 radical (unpaired) electrons. The number of alkyl halides is 4. The Balaban J connectivity index is 0.00000256. The summed E-state index contributed by atoms with van der Waals surface area (Å²) in [6, 6.07) is 12.9. The van der Waals surface area contributed by atoms with Gasteiger partial charge in [-0.3, -0.25) is 4.79 Å². The van der Waals surface area contributed by atoms with Gasteiger partial charge in [0, 0.05) is 24.7 Å². The summed E-state index contributed by atoms with van der Waals surface area (Å²) in [4.78, 5) is 18.3. The van der Waals surface area contributed by atoms with Gasteiger partial charge < -0.3 is 9.47 Å². The molecule has 3 aromatic rings. The Hall–Kier alpha value is -2.25. The SMILES string of the molecule is Cl.O=C(CCl)N1CCC(n2c(-c3ccc(C(F)(F)F)cc3)nc3ccccc32)CC1. The lowest BCUT2D eigenvalue weighted by Gasteiger charge is -2.33. The lowest BCUT2D eigenvalue weighted by atomic mass is 10.0. The van der Waals surface area contributed by atoms with E-state index >= 15 is 0 Å². The van der Waals surface area contributed by atoms with Crippen molar-refractivity contribution >= 4 is 40.9 Å². The van der Waals surface area contributed by atoms with E-state index in [1.165, 1.54) is 12.1 Å². The molecule has 0 unspecified atom stereocenters. The van der Waals surface area contributed by atoms with Crippen molar-refractivity contribution in [2.24, 2.45) is 0 Å². The summed E-state index contributed by atoms with van der Waals surface area (Å²) in [6.07, 6.45) is -2.91. The summed E-state index contributed by atoms with van der Waals surface area (Å²) < 4.78 is 40.9. The number of para-hydroxylation sites is 2. The smallest absolute Gasteiger partial charge is 0.342 e. The minimum absolute atomic E-state index is 0. The molecule has 0 aliphatic carbocycles. The van der Waals surface area contributed by atoms with E-state index in [-0.39, 0.29) is 30.2 Å². The minimum Gasteiger partial charge on any atom is -0.342 e. The number of amides is 1. The van der Waals surface area contributed by atoms with Gasteiger partial charge in [-0.25, -0.2) is 4.98 Å². The van der Waals surface area contributed by atoms with E-state index in [4.69, 9.17) is 16.6 Å². The number of hydrogen-bond acceptors (Lipinski definition) is 2. The molecule has 1 aliphatic heterocycles. The second-order valence-electron chi connectivity index (χ2n) is 7.11. The van der Waals surface area contributed by atoms with Crippen LogP contribution in [-0.2, 0) is 11.0 Å². The number of hydrogen-bond donors (Lipinski definition) is 0.